The molecule has 0 aromatic carbocycles. The van der Waals surface area contributed by atoms with Crippen LogP contribution in [-0.2, 0) is 6.42 Å². The molecule has 7 heteroatoms. The molecule has 0 fully saturated rings. The van der Waals surface area contributed by atoms with E-state index in [4.69, 9.17) is 5.73 Å². The van der Waals surface area contributed by atoms with E-state index in [9.17, 15) is 17.6 Å². The van der Waals surface area contributed by atoms with Crippen LogP contribution in [0, 0.1) is 0 Å². The summed E-state index contributed by atoms with van der Waals surface area (Å²) in [6, 6.07) is 3.29. The van der Waals surface area contributed by atoms with Gasteiger partial charge in [0.15, 0.2) is 0 Å². The van der Waals surface area contributed by atoms with Crippen LogP contribution >= 0.6 is 0 Å². The monoisotopic (exact) mass is 251 g/mol. The summed E-state index contributed by atoms with van der Waals surface area (Å²) < 4.78 is 48.5. The lowest BCUT2D eigenvalue weighted by Gasteiger charge is -2.15. The van der Waals surface area contributed by atoms with E-state index in [0.29, 0.717) is 17.8 Å². The van der Waals surface area contributed by atoms with Gasteiger partial charge in [-0.2, -0.15) is 8.78 Å². The van der Waals surface area contributed by atoms with Gasteiger partial charge in [0.25, 0.3) is 0 Å². The molecule has 96 valence electrons. The fourth-order valence-electron chi connectivity index (χ4n) is 1.13. The minimum atomic E-state index is -3.99. The molecular weight excluding hydrogens is 238 g/mol. The average molecular weight is 251 g/mol. The van der Waals surface area contributed by atoms with Gasteiger partial charge in [-0.25, -0.2) is 8.78 Å². The maximum Gasteiger partial charge on any atom is 0.319 e. The van der Waals surface area contributed by atoms with Crippen molar-refractivity contribution in [2.24, 2.45) is 0 Å². The van der Waals surface area contributed by atoms with Crippen molar-refractivity contribution in [2.45, 2.75) is 18.8 Å². The number of aromatic nitrogens is 1. The Kier molecular flexibility index (Phi) is 4.68. The van der Waals surface area contributed by atoms with Crippen molar-refractivity contribution in [2.75, 3.05) is 18.8 Å². The predicted octanol–water partition coefficient (Wildman–Crippen LogP) is 1.70. The number of hydrogen-bond acceptors (Lipinski definition) is 3. The zero-order valence-electron chi connectivity index (χ0n) is 8.97. The van der Waals surface area contributed by atoms with Crippen molar-refractivity contribution >= 4 is 5.69 Å². The van der Waals surface area contributed by atoms with Gasteiger partial charge >= 0.3 is 12.3 Å². The number of hydrogen-bond donors (Lipinski definition) is 2. The summed E-state index contributed by atoms with van der Waals surface area (Å²) in [5.74, 6) is -3.99. The fraction of sp³-hybridized carbons (Fsp3) is 0.500. The van der Waals surface area contributed by atoms with Crippen molar-refractivity contribution in [3.8, 4) is 0 Å². The molecule has 0 amide bonds. The van der Waals surface area contributed by atoms with Gasteiger partial charge in [0.05, 0.1) is 18.4 Å². The van der Waals surface area contributed by atoms with Crippen LogP contribution in [-0.4, -0.2) is 30.4 Å². The van der Waals surface area contributed by atoms with Crippen molar-refractivity contribution in [1.82, 2.24) is 10.3 Å². The molecular formula is C10H13F4N3. The van der Waals surface area contributed by atoms with E-state index >= 15 is 0 Å². The van der Waals surface area contributed by atoms with Crippen LogP contribution < -0.4 is 11.1 Å². The third-order valence-corrected chi connectivity index (χ3v) is 2.09. The summed E-state index contributed by atoms with van der Waals surface area (Å²) in [4.78, 5) is 3.95. The topological polar surface area (TPSA) is 50.9 Å². The number of nitrogens with zero attached hydrogens (tertiary/aromatic N) is 1. The predicted molar refractivity (Wildman–Crippen MR) is 56.2 cm³/mol. The normalized spacial score (nSPS) is 12.1. The highest BCUT2D eigenvalue weighted by molar-refractivity contribution is 5.34. The van der Waals surface area contributed by atoms with E-state index in [0.717, 1.165) is 0 Å². The van der Waals surface area contributed by atoms with Gasteiger partial charge in [-0.1, -0.05) is 0 Å². The molecule has 1 aromatic heterocycles. The first-order valence-electron chi connectivity index (χ1n) is 4.99. The largest absolute Gasteiger partial charge is 0.397 e. The summed E-state index contributed by atoms with van der Waals surface area (Å²) in [6.07, 6.45) is -1.83. The number of nitrogens with one attached hydrogen (secondary N) is 1. The minimum absolute atomic E-state index is 0.152. The van der Waals surface area contributed by atoms with Crippen LogP contribution in [0.4, 0.5) is 23.2 Å². The Balaban J connectivity index is 2.27. The summed E-state index contributed by atoms with van der Waals surface area (Å²) in [5.41, 5.74) is 6.58. The lowest BCUT2D eigenvalue weighted by Crippen LogP contribution is -2.39. The number of alkyl halides is 4. The Labute approximate surface area is 96.0 Å². The molecule has 0 saturated carbocycles. The highest BCUT2D eigenvalue weighted by atomic mass is 19.3. The third-order valence-electron chi connectivity index (χ3n) is 2.09. The van der Waals surface area contributed by atoms with E-state index in [2.05, 4.69) is 10.3 Å². The van der Waals surface area contributed by atoms with E-state index in [1.165, 1.54) is 6.20 Å². The number of anilines is 1. The number of pyridine rings is 1. The van der Waals surface area contributed by atoms with Gasteiger partial charge in [-0.15, -0.1) is 0 Å². The van der Waals surface area contributed by atoms with Crippen LogP contribution in [0.2, 0.25) is 0 Å². The Morgan fingerprint density at radius 1 is 1.35 bits per heavy atom. The number of halogens is 4. The zero-order valence-corrected chi connectivity index (χ0v) is 8.97. The van der Waals surface area contributed by atoms with Gasteiger partial charge in [0, 0.05) is 18.7 Å². The van der Waals surface area contributed by atoms with Gasteiger partial charge in [0.2, 0.25) is 0 Å². The highest BCUT2D eigenvalue weighted by Crippen LogP contribution is 2.21. The van der Waals surface area contributed by atoms with Gasteiger partial charge < -0.3 is 11.1 Å². The SMILES string of the molecule is Nc1ccc(CCNCC(F)(F)C(F)F)nc1. The van der Waals surface area contributed by atoms with Crippen molar-refractivity contribution in [3.05, 3.63) is 24.0 Å². The first kappa shape index (κ1) is 13.7. The van der Waals surface area contributed by atoms with Gasteiger partial charge in [-0.05, 0) is 12.1 Å². The highest BCUT2D eigenvalue weighted by Gasteiger charge is 2.39. The van der Waals surface area contributed by atoms with E-state index < -0.39 is 18.9 Å². The van der Waals surface area contributed by atoms with Crippen LogP contribution in [0.25, 0.3) is 0 Å². The lowest BCUT2D eigenvalue weighted by atomic mass is 10.2. The van der Waals surface area contributed by atoms with Crippen LogP contribution in [0.3, 0.4) is 0 Å². The second kappa shape index (κ2) is 5.81. The Morgan fingerprint density at radius 3 is 2.59 bits per heavy atom. The molecule has 1 heterocycles. The molecule has 0 unspecified atom stereocenters. The Morgan fingerprint density at radius 2 is 2.06 bits per heavy atom. The van der Waals surface area contributed by atoms with E-state index in [1.54, 1.807) is 12.1 Å². The van der Waals surface area contributed by atoms with E-state index in [1.807, 2.05) is 0 Å². The number of rotatable bonds is 6. The summed E-state index contributed by atoms with van der Waals surface area (Å²) in [7, 11) is 0. The van der Waals surface area contributed by atoms with Crippen molar-refractivity contribution < 1.29 is 17.6 Å². The number of nitrogens with two attached hydrogens (primary N) is 1. The molecule has 3 nitrogen and oxygen atoms in total. The molecule has 0 radical (unpaired) electrons. The van der Waals surface area contributed by atoms with Gasteiger partial charge in [-0.3, -0.25) is 4.98 Å². The molecule has 0 atom stereocenters. The molecule has 0 aliphatic rings. The molecule has 0 bridgehead atoms. The molecule has 0 aliphatic heterocycles. The quantitative estimate of drug-likeness (QED) is 0.597. The third kappa shape index (κ3) is 4.56. The molecule has 1 rings (SSSR count). The first-order chi connectivity index (χ1) is 7.92. The summed E-state index contributed by atoms with van der Waals surface area (Å²) in [6.45, 7) is -0.890. The Bertz CT molecular complexity index is 340. The van der Waals surface area contributed by atoms with Crippen LogP contribution in [0.15, 0.2) is 18.3 Å². The average Bonchev–Trinajstić information content (AvgIpc) is 2.26. The van der Waals surface area contributed by atoms with Crippen LogP contribution in [0.1, 0.15) is 5.69 Å². The maximum absolute atomic E-state index is 12.5. The molecule has 17 heavy (non-hydrogen) atoms. The Hall–Kier alpha value is -1.37. The van der Waals surface area contributed by atoms with Crippen molar-refractivity contribution in [3.63, 3.8) is 0 Å². The first-order valence-corrected chi connectivity index (χ1v) is 4.99. The second-order valence-corrected chi connectivity index (χ2v) is 3.57. The molecule has 0 spiro atoms. The molecule has 3 N–H and O–H groups in total. The second-order valence-electron chi connectivity index (χ2n) is 3.57. The van der Waals surface area contributed by atoms with Gasteiger partial charge in [0.1, 0.15) is 0 Å². The van der Waals surface area contributed by atoms with Crippen LogP contribution in [0.5, 0.6) is 0 Å². The summed E-state index contributed by atoms with van der Waals surface area (Å²) >= 11 is 0. The summed E-state index contributed by atoms with van der Waals surface area (Å²) in [5, 5.41) is 2.27. The molecule has 0 saturated heterocycles. The zero-order chi connectivity index (χ0) is 12.9. The van der Waals surface area contributed by atoms with Crippen molar-refractivity contribution in [1.29, 1.82) is 0 Å². The standard InChI is InChI=1S/C10H13F4N3/c11-9(12)10(13,14)6-16-4-3-8-2-1-7(15)5-17-8/h1-2,5,9,16H,3-4,6,15H2. The van der Waals surface area contributed by atoms with E-state index in [-0.39, 0.29) is 6.54 Å². The lowest BCUT2D eigenvalue weighted by molar-refractivity contribution is -0.125. The molecule has 1 aromatic rings. The number of nitrogen functional groups attached to an aromatic ring is 1. The molecule has 0 aliphatic carbocycles. The smallest absolute Gasteiger partial charge is 0.319 e. The fourth-order valence-corrected chi connectivity index (χ4v) is 1.13. The maximum atomic E-state index is 12.5. The minimum Gasteiger partial charge on any atom is -0.397 e.